The van der Waals surface area contributed by atoms with Gasteiger partial charge >= 0.3 is 0 Å². The molecule has 23 heavy (non-hydrogen) atoms. The fourth-order valence-corrected chi connectivity index (χ4v) is 3.13. The van der Waals surface area contributed by atoms with Crippen LogP contribution in [0.5, 0.6) is 0 Å². The van der Waals surface area contributed by atoms with Gasteiger partial charge in [-0.2, -0.15) is 0 Å². The first-order chi connectivity index (χ1) is 11.2. The molecular weight excluding hydrogens is 306 g/mol. The largest absolute Gasteiger partial charge is 0.307 e. The Bertz CT molecular complexity index is 814. The quantitative estimate of drug-likeness (QED) is 0.723. The number of rotatable bonds is 4. The third kappa shape index (κ3) is 3.29. The van der Waals surface area contributed by atoms with Gasteiger partial charge < -0.3 is 4.90 Å². The average molecular weight is 323 g/mol. The molecule has 0 spiro atoms. The second-order valence-electron chi connectivity index (χ2n) is 5.14. The summed E-state index contributed by atoms with van der Waals surface area (Å²) >= 11 is 1.44. The molecule has 0 aliphatic carbocycles. The summed E-state index contributed by atoms with van der Waals surface area (Å²) in [6.07, 6.45) is 1.73. The van der Waals surface area contributed by atoms with Crippen LogP contribution in [-0.2, 0) is 0 Å². The standard InChI is InChI=1S/C18H17N3OS/c1-3-21(14-8-6-7-13(2)11-14)18(22)16-12-23-17(20-16)15-9-4-5-10-19-15/h4-12H,3H2,1-2H3. The molecular formula is C18H17N3OS. The van der Waals surface area contributed by atoms with Gasteiger partial charge in [0, 0.05) is 23.8 Å². The van der Waals surface area contributed by atoms with E-state index < -0.39 is 0 Å². The second-order valence-corrected chi connectivity index (χ2v) is 6.00. The molecule has 0 saturated carbocycles. The van der Waals surface area contributed by atoms with Gasteiger partial charge in [0.05, 0.1) is 5.69 Å². The normalized spacial score (nSPS) is 10.5. The minimum atomic E-state index is -0.0865. The molecule has 3 aromatic rings. The molecule has 0 saturated heterocycles. The Labute approximate surface area is 139 Å². The van der Waals surface area contributed by atoms with E-state index >= 15 is 0 Å². The van der Waals surface area contributed by atoms with Crippen molar-refractivity contribution >= 4 is 22.9 Å². The monoisotopic (exact) mass is 323 g/mol. The van der Waals surface area contributed by atoms with Gasteiger partial charge in [-0.05, 0) is 43.7 Å². The maximum Gasteiger partial charge on any atom is 0.277 e. The Morgan fingerprint density at radius 1 is 1.22 bits per heavy atom. The first-order valence-electron chi connectivity index (χ1n) is 7.44. The van der Waals surface area contributed by atoms with E-state index in [4.69, 9.17) is 0 Å². The molecule has 0 bridgehead atoms. The highest BCUT2D eigenvalue weighted by Gasteiger charge is 2.19. The van der Waals surface area contributed by atoms with Crippen LogP contribution in [0.4, 0.5) is 5.69 Å². The lowest BCUT2D eigenvalue weighted by Crippen LogP contribution is -2.30. The number of amides is 1. The van der Waals surface area contributed by atoms with Crippen molar-refractivity contribution in [3.05, 3.63) is 65.3 Å². The number of nitrogens with zero attached hydrogens (tertiary/aromatic N) is 3. The third-order valence-corrected chi connectivity index (χ3v) is 4.35. The summed E-state index contributed by atoms with van der Waals surface area (Å²) in [6.45, 7) is 4.58. The summed E-state index contributed by atoms with van der Waals surface area (Å²) < 4.78 is 0. The van der Waals surface area contributed by atoms with E-state index in [1.54, 1.807) is 16.5 Å². The number of aryl methyl sites for hydroxylation is 1. The Balaban J connectivity index is 1.89. The highest BCUT2D eigenvalue weighted by molar-refractivity contribution is 7.13. The Morgan fingerprint density at radius 3 is 2.78 bits per heavy atom. The Hall–Kier alpha value is -2.53. The third-order valence-electron chi connectivity index (χ3n) is 3.48. The van der Waals surface area contributed by atoms with Crippen LogP contribution in [0.25, 0.3) is 10.7 Å². The Morgan fingerprint density at radius 2 is 2.09 bits per heavy atom. The second kappa shape index (κ2) is 6.71. The van der Waals surface area contributed by atoms with Gasteiger partial charge in [0.15, 0.2) is 0 Å². The predicted octanol–water partition coefficient (Wildman–Crippen LogP) is 4.18. The maximum atomic E-state index is 12.8. The first kappa shape index (κ1) is 15.4. The van der Waals surface area contributed by atoms with Gasteiger partial charge in [0.1, 0.15) is 10.7 Å². The molecule has 2 aromatic heterocycles. The van der Waals surface area contributed by atoms with E-state index in [1.807, 2.05) is 56.3 Å². The summed E-state index contributed by atoms with van der Waals surface area (Å²) in [5, 5.41) is 2.55. The van der Waals surface area contributed by atoms with Gasteiger partial charge in [-0.15, -0.1) is 11.3 Å². The fraction of sp³-hybridized carbons (Fsp3) is 0.167. The molecule has 0 N–H and O–H groups in total. The molecule has 0 radical (unpaired) electrons. The Kier molecular flexibility index (Phi) is 4.48. The van der Waals surface area contributed by atoms with Crippen molar-refractivity contribution < 1.29 is 4.79 Å². The number of hydrogen-bond donors (Lipinski definition) is 0. The van der Waals surface area contributed by atoms with Crippen LogP contribution in [0.15, 0.2) is 54.0 Å². The lowest BCUT2D eigenvalue weighted by atomic mass is 10.2. The zero-order valence-electron chi connectivity index (χ0n) is 13.1. The molecule has 0 aliphatic heterocycles. The molecule has 3 rings (SSSR count). The number of hydrogen-bond acceptors (Lipinski definition) is 4. The SMILES string of the molecule is CCN(C(=O)c1csc(-c2ccccn2)n1)c1cccc(C)c1. The van der Waals surface area contributed by atoms with Gasteiger partial charge in [-0.3, -0.25) is 9.78 Å². The van der Waals surface area contributed by atoms with Crippen molar-refractivity contribution in [2.24, 2.45) is 0 Å². The number of thiazole rings is 1. The number of anilines is 1. The fourth-order valence-electron chi connectivity index (χ4n) is 2.36. The summed E-state index contributed by atoms with van der Waals surface area (Å²) in [6, 6.07) is 13.6. The minimum Gasteiger partial charge on any atom is -0.307 e. The van der Waals surface area contributed by atoms with E-state index in [2.05, 4.69) is 9.97 Å². The molecule has 0 atom stereocenters. The summed E-state index contributed by atoms with van der Waals surface area (Å²) in [4.78, 5) is 23.3. The average Bonchev–Trinajstić information content (AvgIpc) is 3.06. The van der Waals surface area contributed by atoms with Crippen molar-refractivity contribution in [1.29, 1.82) is 0 Å². The van der Waals surface area contributed by atoms with E-state index in [0.717, 1.165) is 22.0 Å². The van der Waals surface area contributed by atoms with Crippen molar-refractivity contribution in [1.82, 2.24) is 9.97 Å². The molecule has 0 fully saturated rings. The summed E-state index contributed by atoms with van der Waals surface area (Å²) in [7, 11) is 0. The lowest BCUT2D eigenvalue weighted by molar-refractivity contribution is 0.0984. The van der Waals surface area contributed by atoms with Gasteiger partial charge in [0.25, 0.3) is 5.91 Å². The molecule has 0 unspecified atom stereocenters. The van der Waals surface area contributed by atoms with E-state index in [1.165, 1.54) is 11.3 Å². The van der Waals surface area contributed by atoms with Crippen LogP contribution in [0, 0.1) is 6.92 Å². The first-order valence-corrected chi connectivity index (χ1v) is 8.32. The van der Waals surface area contributed by atoms with Crippen molar-refractivity contribution in [3.63, 3.8) is 0 Å². The number of aromatic nitrogens is 2. The van der Waals surface area contributed by atoms with Gasteiger partial charge in [-0.25, -0.2) is 4.98 Å². The topological polar surface area (TPSA) is 46.1 Å². The van der Waals surface area contributed by atoms with Crippen LogP contribution < -0.4 is 4.90 Å². The van der Waals surface area contributed by atoms with Crippen molar-refractivity contribution in [2.45, 2.75) is 13.8 Å². The number of benzene rings is 1. The van der Waals surface area contributed by atoms with Crippen molar-refractivity contribution in [2.75, 3.05) is 11.4 Å². The van der Waals surface area contributed by atoms with Crippen LogP contribution in [0.1, 0.15) is 23.0 Å². The zero-order valence-corrected chi connectivity index (χ0v) is 13.9. The molecule has 2 heterocycles. The summed E-state index contributed by atoms with van der Waals surface area (Å²) in [5.41, 5.74) is 3.26. The minimum absolute atomic E-state index is 0.0865. The lowest BCUT2D eigenvalue weighted by Gasteiger charge is -2.20. The highest BCUT2D eigenvalue weighted by Crippen LogP contribution is 2.24. The highest BCUT2D eigenvalue weighted by atomic mass is 32.1. The van der Waals surface area contributed by atoms with Crippen LogP contribution in [0.3, 0.4) is 0 Å². The molecule has 1 aromatic carbocycles. The van der Waals surface area contributed by atoms with E-state index in [0.29, 0.717) is 12.2 Å². The molecule has 0 aliphatic rings. The zero-order chi connectivity index (χ0) is 16.2. The maximum absolute atomic E-state index is 12.8. The molecule has 5 heteroatoms. The van der Waals surface area contributed by atoms with Gasteiger partial charge in [0.2, 0.25) is 0 Å². The van der Waals surface area contributed by atoms with Crippen molar-refractivity contribution in [3.8, 4) is 10.7 Å². The van der Waals surface area contributed by atoms with E-state index in [9.17, 15) is 4.79 Å². The smallest absolute Gasteiger partial charge is 0.277 e. The van der Waals surface area contributed by atoms with Crippen LogP contribution in [-0.4, -0.2) is 22.4 Å². The number of carbonyl (C=O) groups is 1. The molecule has 4 nitrogen and oxygen atoms in total. The molecule has 116 valence electrons. The number of pyridine rings is 1. The van der Waals surface area contributed by atoms with Crippen LogP contribution >= 0.6 is 11.3 Å². The number of carbonyl (C=O) groups excluding carboxylic acids is 1. The summed E-state index contributed by atoms with van der Waals surface area (Å²) in [5.74, 6) is -0.0865. The van der Waals surface area contributed by atoms with Gasteiger partial charge in [-0.1, -0.05) is 18.2 Å². The molecule has 1 amide bonds. The predicted molar refractivity (Wildman–Crippen MR) is 93.9 cm³/mol. The van der Waals surface area contributed by atoms with E-state index in [-0.39, 0.29) is 5.91 Å². The van der Waals surface area contributed by atoms with Crippen LogP contribution in [0.2, 0.25) is 0 Å².